The highest BCUT2D eigenvalue weighted by atomic mass is 16.1. The molecular formula is C16H20N2O2. The Bertz CT molecular complexity index is 708. The first-order valence-corrected chi connectivity index (χ1v) is 6.82. The molecule has 2 rings (SSSR count). The molecule has 0 aliphatic carbocycles. The molecule has 0 bridgehead atoms. The van der Waals surface area contributed by atoms with Crippen molar-refractivity contribution < 1.29 is 4.79 Å². The monoisotopic (exact) mass is 272 g/mol. The second kappa shape index (κ2) is 5.49. The van der Waals surface area contributed by atoms with Crippen LogP contribution in [0.3, 0.4) is 0 Å². The van der Waals surface area contributed by atoms with E-state index in [9.17, 15) is 9.59 Å². The van der Waals surface area contributed by atoms with Crippen LogP contribution in [-0.2, 0) is 13.1 Å². The average molecular weight is 272 g/mol. The van der Waals surface area contributed by atoms with Crippen molar-refractivity contribution in [3.63, 3.8) is 0 Å². The van der Waals surface area contributed by atoms with Crippen LogP contribution in [0.5, 0.6) is 0 Å². The summed E-state index contributed by atoms with van der Waals surface area (Å²) in [4.78, 5) is 24.3. The second-order valence-electron chi connectivity index (χ2n) is 5.04. The van der Waals surface area contributed by atoms with Crippen LogP contribution in [0.4, 0.5) is 0 Å². The van der Waals surface area contributed by atoms with Gasteiger partial charge in [-0.1, -0.05) is 6.07 Å². The molecule has 0 saturated carbocycles. The molecule has 2 aromatic rings. The maximum atomic E-state index is 12.4. The van der Waals surface area contributed by atoms with Crippen LogP contribution in [0.15, 0.2) is 29.1 Å². The molecule has 0 aromatic carbocycles. The molecule has 0 atom stereocenters. The summed E-state index contributed by atoms with van der Waals surface area (Å²) in [7, 11) is 0. The van der Waals surface area contributed by atoms with E-state index in [-0.39, 0.29) is 17.9 Å². The van der Waals surface area contributed by atoms with E-state index in [2.05, 4.69) is 11.5 Å². The molecule has 0 spiro atoms. The molecular weight excluding hydrogens is 252 g/mol. The zero-order chi connectivity index (χ0) is 14.9. The number of carbonyl (C=O) groups excluding carboxylic acids is 1. The van der Waals surface area contributed by atoms with Crippen LogP contribution in [0.1, 0.15) is 34.4 Å². The third kappa shape index (κ3) is 2.46. The molecule has 0 unspecified atom stereocenters. The van der Waals surface area contributed by atoms with E-state index >= 15 is 0 Å². The Kier molecular flexibility index (Phi) is 3.93. The fourth-order valence-electron chi connectivity index (χ4n) is 2.62. The van der Waals surface area contributed by atoms with Gasteiger partial charge in [0.15, 0.2) is 5.78 Å². The summed E-state index contributed by atoms with van der Waals surface area (Å²) in [5, 5.41) is 0. The number of nitrogens with zero attached hydrogens (tertiary/aromatic N) is 2. The number of carbonyl (C=O) groups is 1. The molecule has 0 aliphatic rings. The first-order chi connectivity index (χ1) is 9.45. The molecule has 0 fully saturated rings. The van der Waals surface area contributed by atoms with Crippen LogP contribution in [0.25, 0.3) is 0 Å². The first kappa shape index (κ1) is 14.3. The highest BCUT2D eigenvalue weighted by molar-refractivity contribution is 5.97. The topological polar surface area (TPSA) is 44.0 Å². The molecule has 106 valence electrons. The van der Waals surface area contributed by atoms with Gasteiger partial charge in [-0.05, 0) is 39.8 Å². The van der Waals surface area contributed by atoms with E-state index in [4.69, 9.17) is 0 Å². The van der Waals surface area contributed by atoms with Crippen LogP contribution < -0.4 is 5.56 Å². The Hall–Kier alpha value is -2.10. The minimum atomic E-state index is -0.136. The van der Waals surface area contributed by atoms with Crippen molar-refractivity contribution in [3.05, 3.63) is 57.3 Å². The van der Waals surface area contributed by atoms with Crippen molar-refractivity contribution in [2.75, 3.05) is 0 Å². The van der Waals surface area contributed by atoms with Gasteiger partial charge in [0.1, 0.15) is 0 Å². The number of rotatable bonds is 4. The van der Waals surface area contributed by atoms with Gasteiger partial charge < -0.3 is 9.13 Å². The van der Waals surface area contributed by atoms with Crippen LogP contribution in [0.2, 0.25) is 0 Å². The molecule has 20 heavy (non-hydrogen) atoms. The van der Waals surface area contributed by atoms with Crippen LogP contribution in [0, 0.1) is 20.8 Å². The van der Waals surface area contributed by atoms with Gasteiger partial charge in [-0.2, -0.15) is 0 Å². The maximum absolute atomic E-state index is 12.4. The second-order valence-corrected chi connectivity index (χ2v) is 5.04. The normalized spacial score (nSPS) is 10.8. The molecule has 0 aliphatic heterocycles. The minimum Gasteiger partial charge on any atom is -0.349 e. The van der Waals surface area contributed by atoms with Gasteiger partial charge in [-0.15, -0.1) is 0 Å². The van der Waals surface area contributed by atoms with Gasteiger partial charge in [0.2, 0.25) is 0 Å². The van der Waals surface area contributed by atoms with Gasteiger partial charge in [0, 0.05) is 35.3 Å². The minimum absolute atomic E-state index is 0.0193. The van der Waals surface area contributed by atoms with Gasteiger partial charge >= 0.3 is 0 Å². The fraction of sp³-hybridized carbons (Fsp3) is 0.375. The van der Waals surface area contributed by atoms with Crippen molar-refractivity contribution in [2.24, 2.45) is 0 Å². The molecule has 0 saturated heterocycles. The van der Waals surface area contributed by atoms with E-state index in [0.717, 1.165) is 23.6 Å². The van der Waals surface area contributed by atoms with E-state index < -0.39 is 0 Å². The summed E-state index contributed by atoms with van der Waals surface area (Å²) < 4.78 is 3.62. The molecule has 0 amide bonds. The lowest BCUT2D eigenvalue weighted by atomic mass is 10.1. The lowest BCUT2D eigenvalue weighted by molar-refractivity contribution is 0.0969. The predicted octanol–water partition coefficient (Wildman–Crippen LogP) is 2.48. The number of ketones is 1. The summed E-state index contributed by atoms with van der Waals surface area (Å²) in [6, 6.07) is 6.94. The first-order valence-electron chi connectivity index (χ1n) is 6.82. The van der Waals surface area contributed by atoms with Crippen molar-refractivity contribution >= 4 is 5.78 Å². The molecule has 2 heterocycles. The summed E-state index contributed by atoms with van der Waals surface area (Å²) in [6.45, 7) is 8.77. The van der Waals surface area contributed by atoms with Gasteiger partial charge in [-0.25, -0.2) is 0 Å². The summed E-state index contributed by atoms with van der Waals surface area (Å²) in [6.07, 6.45) is 0. The summed E-state index contributed by atoms with van der Waals surface area (Å²) in [5.74, 6) is -0.0193. The van der Waals surface area contributed by atoms with Crippen molar-refractivity contribution in [3.8, 4) is 0 Å². The summed E-state index contributed by atoms with van der Waals surface area (Å²) >= 11 is 0. The molecule has 2 aromatic heterocycles. The molecule has 0 N–H and O–H groups in total. The molecule has 4 nitrogen and oxygen atoms in total. The predicted molar refractivity (Wildman–Crippen MR) is 79.3 cm³/mol. The highest BCUT2D eigenvalue weighted by Gasteiger charge is 2.16. The lowest BCUT2D eigenvalue weighted by Gasteiger charge is -2.09. The Morgan fingerprint density at radius 1 is 1.10 bits per heavy atom. The average Bonchev–Trinajstić information content (AvgIpc) is 2.69. The van der Waals surface area contributed by atoms with Crippen molar-refractivity contribution in [1.82, 2.24) is 9.13 Å². The number of Topliss-reactive ketones (excluding diaryl/α,β-unsaturated/α-hetero) is 1. The standard InChI is InChI=1S/C16H20N2O2/c1-5-17-12(3)9-14(13(17)4)15(19)10-18-11(2)7-6-8-16(18)20/h6-9H,5,10H2,1-4H3. The van der Waals surface area contributed by atoms with E-state index in [1.165, 1.54) is 10.6 Å². The van der Waals surface area contributed by atoms with Gasteiger partial charge in [0.25, 0.3) is 5.56 Å². The third-order valence-corrected chi connectivity index (χ3v) is 3.76. The fourth-order valence-corrected chi connectivity index (χ4v) is 2.62. The zero-order valence-electron chi connectivity index (χ0n) is 12.4. The number of aromatic nitrogens is 2. The quantitative estimate of drug-likeness (QED) is 0.803. The van der Waals surface area contributed by atoms with Gasteiger partial charge in [0.05, 0.1) is 6.54 Å². The van der Waals surface area contributed by atoms with Crippen LogP contribution in [-0.4, -0.2) is 14.9 Å². The number of aryl methyl sites for hydroxylation is 2. The van der Waals surface area contributed by atoms with Crippen LogP contribution >= 0.6 is 0 Å². The highest BCUT2D eigenvalue weighted by Crippen LogP contribution is 2.16. The van der Waals surface area contributed by atoms with E-state index in [0.29, 0.717) is 5.56 Å². The Morgan fingerprint density at radius 3 is 2.35 bits per heavy atom. The Balaban J connectivity index is 2.36. The third-order valence-electron chi connectivity index (χ3n) is 3.76. The summed E-state index contributed by atoms with van der Waals surface area (Å²) in [5.41, 5.74) is 3.42. The smallest absolute Gasteiger partial charge is 0.251 e. The number of hydrogen-bond donors (Lipinski definition) is 0. The SMILES string of the molecule is CCn1c(C)cc(C(=O)Cn2c(C)cccc2=O)c1C. The molecule has 4 heteroatoms. The number of pyridine rings is 1. The Morgan fingerprint density at radius 2 is 1.80 bits per heavy atom. The Labute approximate surface area is 118 Å². The number of hydrogen-bond acceptors (Lipinski definition) is 2. The lowest BCUT2D eigenvalue weighted by Crippen LogP contribution is -2.25. The van der Waals surface area contributed by atoms with E-state index in [1.807, 2.05) is 32.9 Å². The maximum Gasteiger partial charge on any atom is 0.251 e. The van der Waals surface area contributed by atoms with Crippen molar-refractivity contribution in [1.29, 1.82) is 0 Å². The van der Waals surface area contributed by atoms with Gasteiger partial charge in [-0.3, -0.25) is 9.59 Å². The van der Waals surface area contributed by atoms with E-state index in [1.54, 1.807) is 6.07 Å². The largest absolute Gasteiger partial charge is 0.349 e. The van der Waals surface area contributed by atoms with Crippen molar-refractivity contribution in [2.45, 2.75) is 40.8 Å². The molecule has 0 radical (unpaired) electrons. The zero-order valence-corrected chi connectivity index (χ0v) is 12.4.